The number of allylic oxidation sites excluding steroid dienone is 1. The van der Waals surface area contributed by atoms with E-state index in [1.807, 2.05) is 31.2 Å². The van der Waals surface area contributed by atoms with Crippen LogP contribution in [0.4, 0.5) is 5.69 Å². The van der Waals surface area contributed by atoms with Crippen LogP contribution in [0, 0.1) is 0 Å². The van der Waals surface area contributed by atoms with Gasteiger partial charge in [0.1, 0.15) is 0 Å². The maximum Gasteiger partial charge on any atom is 0.229 e. The molecule has 3 nitrogen and oxygen atoms in total. The van der Waals surface area contributed by atoms with E-state index in [1.165, 1.54) is 0 Å². The van der Waals surface area contributed by atoms with E-state index in [4.69, 9.17) is 0 Å². The molecule has 0 amide bonds. The van der Waals surface area contributed by atoms with E-state index in [0.29, 0.717) is 5.69 Å². The first-order chi connectivity index (χ1) is 6.51. The Balaban J connectivity index is 2.84. The summed E-state index contributed by atoms with van der Waals surface area (Å²) in [5.74, 6) is 0. The first-order valence-electron chi connectivity index (χ1n) is 4.22. The molecule has 1 aromatic carbocycles. The average Bonchev–Trinajstić information content (AvgIpc) is 2.06. The van der Waals surface area contributed by atoms with Gasteiger partial charge in [-0.3, -0.25) is 4.72 Å². The highest BCUT2D eigenvalue weighted by atomic mass is 32.2. The Bertz CT molecular complexity index is 418. The predicted molar refractivity (Wildman–Crippen MR) is 59.6 cm³/mol. The minimum absolute atomic E-state index is 0.584. The molecule has 0 aliphatic carbocycles. The molecule has 1 rings (SSSR count). The fourth-order valence-electron chi connectivity index (χ4n) is 1.07. The smallest absolute Gasteiger partial charge is 0.229 e. The van der Waals surface area contributed by atoms with Crippen LogP contribution < -0.4 is 4.72 Å². The van der Waals surface area contributed by atoms with E-state index in [1.54, 1.807) is 12.1 Å². The molecule has 0 atom stereocenters. The normalized spacial score (nSPS) is 11.9. The summed E-state index contributed by atoms with van der Waals surface area (Å²) in [6.07, 6.45) is 5.01. The first-order valence-corrected chi connectivity index (χ1v) is 6.11. The summed E-state index contributed by atoms with van der Waals surface area (Å²) in [6.45, 7) is 1.93. The Morgan fingerprint density at radius 1 is 1.21 bits per heavy atom. The zero-order valence-corrected chi connectivity index (χ0v) is 9.01. The maximum absolute atomic E-state index is 10.9. The van der Waals surface area contributed by atoms with Crippen LogP contribution in [-0.4, -0.2) is 14.7 Å². The van der Waals surface area contributed by atoms with Gasteiger partial charge in [-0.25, -0.2) is 8.42 Å². The summed E-state index contributed by atoms with van der Waals surface area (Å²) in [4.78, 5) is 0. The van der Waals surface area contributed by atoms with Gasteiger partial charge in [-0.05, 0) is 24.6 Å². The predicted octanol–water partition coefficient (Wildman–Crippen LogP) is 2.09. The zero-order chi connectivity index (χ0) is 10.6. The summed E-state index contributed by atoms with van der Waals surface area (Å²) in [7, 11) is -3.17. The van der Waals surface area contributed by atoms with E-state index in [9.17, 15) is 8.42 Å². The van der Waals surface area contributed by atoms with Crippen molar-refractivity contribution >= 4 is 21.8 Å². The third-order valence-electron chi connectivity index (χ3n) is 1.57. The first kappa shape index (κ1) is 10.8. The van der Waals surface area contributed by atoms with Gasteiger partial charge in [0, 0.05) is 5.69 Å². The standard InChI is InChI=1S/C10H13NO2S/c1-3-4-9-5-7-10(8-6-9)11-14(2,12)13/h3-8,11H,1-2H3. The molecule has 4 heteroatoms. The molecule has 76 valence electrons. The van der Waals surface area contributed by atoms with E-state index in [0.717, 1.165) is 11.8 Å². The highest BCUT2D eigenvalue weighted by molar-refractivity contribution is 7.92. The SMILES string of the molecule is CC=Cc1ccc(NS(C)(=O)=O)cc1. The molecule has 0 aliphatic rings. The van der Waals surface area contributed by atoms with Crippen LogP contribution in [-0.2, 0) is 10.0 Å². The van der Waals surface area contributed by atoms with E-state index >= 15 is 0 Å². The van der Waals surface area contributed by atoms with Gasteiger partial charge >= 0.3 is 0 Å². The minimum atomic E-state index is -3.17. The molecular formula is C10H13NO2S. The van der Waals surface area contributed by atoms with Crippen molar-refractivity contribution in [1.29, 1.82) is 0 Å². The maximum atomic E-state index is 10.9. The van der Waals surface area contributed by atoms with Crippen LogP contribution in [0.25, 0.3) is 6.08 Å². The Hall–Kier alpha value is -1.29. The molecule has 0 aliphatic heterocycles. The second kappa shape index (κ2) is 4.28. The summed E-state index contributed by atoms with van der Waals surface area (Å²) in [5.41, 5.74) is 1.63. The monoisotopic (exact) mass is 211 g/mol. The summed E-state index contributed by atoms with van der Waals surface area (Å²) in [5, 5.41) is 0. The molecule has 0 radical (unpaired) electrons. The van der Waals surface area contributed by atoms with Gasteiger partial charge in [-0.1, -0.05) is 24.3 Å². The lowest BCUT2D eigenvalue weighted by atomic mass is 10.2. The number of rotatable bonds is 3. The molecule has 0 saturated heterocycles. The van der Waals surface area contributed by atoms with Crippen molar-refractivity contribution in [3.63, 3.8) is 0 Å². The second-order valence-electron chi connectivity index (χ2n) is 3.00. The van der Waals surface area contributed by atoms with Crippen LogP contribution in [0.1, 0.15) is 12.5 Å². The third-order valence-corrected chi connectivity index (χ3v) is 2.18. The summed E-state index contributed by atoms with van der Waals surface area (Å²) >= 11 is 0. The van der Waals surface area contributed by atoms with Crippen LogP contribution in [0.2, 0.25) is 0 Å². The molecular weight excluding hydrogens is 198 g/mol. The Morgan fingerprint density at radius 2 is 1.79 bits per heavy atom. The number of hydrogen-bond acceptors (Lipinski definition) is 2. The van der Waals surface area contributed by atoms with Gasteiger partial charge in [0.15, 0.2) is 0 Å². The van der Waals surface area contributed by atoms with Gasteiger partial charge in [0.2, 0.25) is 10.0 Å². The largest absolute Gasteiger partial charge is 0.284 e. The Morgan fingerprint density at radius 3 is 2.21 bits per heavy atom. The van der Waals surface area contributed by atoms with Crippen LogP contribution in [0.5, 0.6) is 0 Å². The number of anilines is 1. The molecule has 0 saturated carbocycles. The second-order valence-corrected chi connectivity index (χ2v) is 4.74. The van der Waals surface area contributed by atoms with Crippen LogP contribution in [0.15, 0.2) is 30.3 Å². The molecule has 0 unspecified atom stereocenters. The van der Waals surface area contributed by atoms with E-state index in [-0.39, 0.29) is 0 Å². The molecule has 1 N–H and O–H groups in total. The van der Waals surface area contributed by atoms with Crippen molar-refractivity contribution in [3.05, 3.63) is 35.9 Å². The molecule has 0 fully saturated rings. The van der Waals surface area contributed by atoms with Crippen LogP contribution >= 0.6 is 0 Å². The lowest BCUT2D eigenvalue weighted by molar-refractivity contribution is 0.607. The Kier molecular flexibility index (Phi) is 3.30. The number of benzene rings is 1. The molecule has 0 aromatic heterocycles. The molecule has 0 spiro atoms. The van der Waals surface area contributed by atoms with Gasteiger partial charge in [-0.2, -0.15) is 0 Å². The lowest BCUT2D eigenvalue weighted by Crippen LogP contribution is -2.09. The number of sulfonamides is 1. The highest BCUT2D eigenvalue weighted by Gasteiger charge is 1.99. The number of nitrogens with one attached hydrogen (secondary N) is 1. The van der Waals surface area contributed by atoms with Gasteiger partial charge in [0.05, 0.1) is 6.26 Å². The fraction of sp³-hybridized carbons (Fsp3) is 0.200. The van der Waals surface area contributed by atoms with Crippen molar-refractivity contribution in [3.8, 4) is 0 Å². The van der Waals surface area contributed by atoms with Gasteiger partial charge in [0.25, 0.3) is 0 Å². The van der Waals surface area contributed by atoms with Crippen molar-refractivity contribution in [2.24, 2.45) is 0 Å². The summed E-state index contributed by atoms with van der Waals surface area (Å²) < 4.78 is 24.2. The van der Waals surface area contributed by atoms with Crippen molar-refractivity contribution < 1.29 is 8.42 Å². The van der Waals surface area contributed by atoms with E-state index < -0.39 is 10.0 Å². The zero-order valence-electron chi connectivity index (χ0n) is 8.19. The van der Waals surface area contributed by atoms with E-state index in [2.05, 4.69) is 4.72 Å². The Labute approximate surface area is 84.5 Å². The van der Waals surface area contributed by atoms with Gasteiger partial charge in [-0.15, -0.1) is 0 Å². The fourth-order valence-corrected chi connectivity index (χ4v) is 1.63. The molecule has 1 aromatic rings. The van der Waals surface area contributed by atoms with Crippen molar-refractivity contribution in [2.75, 3.05) is 11.0 Å². The third kappa shape index (κ3) is 3.62. The topological polar surface area (TPSA) is 46.2 Å². The minimum Gasteiger partial charge on any atom is -0.284 e. The van der Waals surface area contributed by atoms with Gasteiger partial charge < -0.3 is 0 Å². The lowest BCUT2D eigenvalue weighted by Gasteiger charge is -2.03. The van der Waals surface area contributed by atoms with Crippen LogP contribution in [0.3, 0.4) is 0 Å². The average molecular weight is 211 g/mol. The van der Waals surface area contributed by atoms with Crippen molar-refractivity contribution in [1.82, 2.24) is 0 Å². The van der Waals surface area contributed by atoms with Crippen molar-refractivity contribution in [2.45, 2.75) is 6.92 Å². The number of hydrogen-bond donors (Lipinski definition) is 1. The highest BCUT2D eigenvalue weighted by Crippen LogP contribution is 2.11. The molecule has 0 bridgehead atoms. The summed E-state index contributed by atoms with van der Waals surface area (Å²) in [6, 6.07) is 7.17. The molecule has 0 heterocycles. The quantitative estimate of drug-likeness (QED) is 0.832. The molecule has 14 heavy (non-hydrogen) atoms.